The first kappa shape index (κ1) is 26.3. The van der Waals surface area contributed by atoms with Gasteiger partial charge in [0.15, 0.2) is 11.5 Å². The van der Waals surface area contributed by atoms with Gasteiger partial charge in [-0.25, -0.2) is 0 Å². The molecule has 1 aromatic carbocycles. The Bertz CT molecular complexity index is 819. The van der Waals surface area contributed by atoms with Crippen molar-refractivity contribution in [2.24, 2.45) is 11.8 Å². The van der Waals surface area contributed by atoms with Gasteiger partial charge in [0.05, 0.1) is 12.5 Å². The van der Waals surface area contributed by atoms with Gasteiger partial charge in [-0.05, 0) is 49.3 Å². The number of carboxylic acids is 1. The highest BCUT2D eigenvalue weighted by atomic mass is 16.7. The molecular formula is C27H42N2O5. The van der Waals surface area contributed by atoms with E-state index in [1.54, 1.807) is 0 Å². The average molecular weight is 475 g/mol. The summed E-state index contributed by atoms with van der Waals surface area (Å²) in [4.78, 5) is 30.0. The van der Waals surface area contributed by atoms with Crippen molar-refractivity contribution in [2.75, 3.05) is 33.0 Å². The van der Waals surface area contributed by atoms with Crippen LogP contribution >= 0.6 is 0 Å². The second kappa shape index (κ2) is 12.4. The first-order valence-corrected chi connectivity index (χ1v) is 13.0. The SMILES string of the molecule is CCCCN(CCCC)C(=O)CN1CC(c2ccc3c(c2)OCO3)C(C(=O)O)C1CCC(C)C. The molecule has 7 heteroatoms. The Morgan fingerprint density at radius 3 is 2.41 bits per heavy atom. The van der Waals surface area contributed by atoms with E-state index < -0.39 is 11.9 Å². The Hall–Kier alpha value is -2.28. The fourth-order valence-corrected chi connectivity index (χ4v) is 5.17. The number of ether oxygens (including phenoxy) is 2. The largest absolute Gasteiger partial charge is 0.481 e. The molecule has 2 aliphatic heterocycles. The van der Waals surface area contributed by atoms with E-state index in [-0.39, 0.29) is 31.2 Å². The summed E-state index contributed by atoms with van der Waals surface area (Å²) in [5, 5.41) is 10.3. The summed E-state index contributed by atoms with van der Waals surface area (Å²) >= 11 is 0. The zero-order valence-corrected chi connectivity index (χ0v) is 21.3. The van der Waals surface area contributed by atoms with Crippen LogP contribution in [0.15, 0.2) is 18.2 Å². The number of carbonyl (C=O) groups excluding carboxylic acids is 1. The maximum atomic E-state index is 13.4. The maximum absolute atomic E-state index is 13.4. The Kier molecular flexibility index (Phi) is 9.63. The van der Waals surface area contributed by atoms with E-state index in [2.05, 4.69) is 32.6 Å². The van der Waals surface area contributed by atoms with Gasteiger partial charge in [0, 0.05) is 31.6 Å². The van der Waals surface area contributed by atoms with Crippen LogP contribution in [0.1, 0.15) is 77.7 Å². The number of benzene rings is 1. The van der Waals surface area contributed by atoms with Gasteiger partial charge >= 0.3 is 5.97 Å². The lowest BCUT2D eigenvalue weighted by molar-refractivity contribution is -0.144. The molecule has 1 saturated heterocycles. The van der Waals surface area contributed by atoms with Gasteiger partial charge in [0.1, 0.15) is 0 Å². The molecule has 0 radical (unpaired) electrons. The summed E-state index contributed by atoms with van der Waals surface area (Å²) in [7, 11) is 0. The van der Waals surface area contributed by atoms with Gasteiger partial charge < -0.3 is 19.5 Å². The first-order valence-electron chi connectivity index (χ1n) is 13.0. The predicted octanol–water partition coefficient (Wildman–Crippen LogP) is 4.75. The molecule has 0 aliphatic carbocycles. The molecule has 0 spiro atoms. The number of fused-ring (bicyclic) bond motifs is 1. The number of carboxylic acid groups (broad SMARTS) is 1. The number of amides is 1. The van der Waals surface area contributed by atoms with Crippen LogP contribution in [0.4, 0.5) is 0 Å². The van der Waals surface area contributed by atoms with Crippen LogP contribution in [0.2, 0.25) is 0 Å². The van der Waals surface area contributed by atoms with Crippen molar-refractivity contribution in [3.63, 3.8) is 0 Å². The molecule has 190 valence electrons. The standard InChI is InChI=1S/C27H42N2O5/c1-5-7-13-28(14-8-6-2)25(30)17-29-16-21(20-10-12-23-24(15-20)34-18-33-23)26(27(31)32)22(29)11-9-19(3)4/h10,12,15,19,21-22,26H,5-9,11,13-14,16-18H2,1-4H3,(H,31,32). The van der Waals surface area contributed by atoms with Crippen LogP contribution in [0.3, 0.4) is 0 Å². The third-order valence-electron chi connectivity index (χ3n) is 7.15. The lowest BCUT2D eigenvalue weighted by Crippen LogP contribution is -2.44. The number of hydrogen-bond donors (Lipinski definition) is 1. The summed E-state index contributed by atoms with van der Waals surface area (Å²) in [6, 6.07) is 5.57. The van der Waals surface area contributed by atoms with E-state index >= 15 is 0 Å². The second-order valence-electron chi connectivity index (χ2n) is 10.1. The normalized spacial score (nSPS) is 21.9. The molecular weight excluding hydrogens is 432 g/mol. The van der Waals surface area contributed by atoms with E-state index in [1.165, 1.54) is 0 Å². The van der Waals surface area contributed by atoms with Crippen molar-refractivity contribution in [3.8, 4) is 11.5 Å². The number of nitrogens with zero attached hydrogens (tertiary/aromatic N) is 2. The maximum Gasteiger partial charge on any atom is 0.308 e. The Morgan fingerprint density at radius 1 is 1.12 bits per heavy atom. The predicted molar refractivity (Wildman–Crippen MR) is 132 cm³/mol. The monoisotopic (exact) mass is 474 g/mol. The molecule has 2 heterocycles. The van der Waals surface area contributed by atoms with Crippen LogP contribution in [-0.4, -0.2) is 65.8 Å². The van der Waals surface area contributed by atoms with E-state index in [0.717, 1.165) is 57.2 Å². The van der Waals surface area contributed by atoms with Crippen LogP contribution in [0.25, 0.3) is 0 Å². The summed E-state index contributed by atoms with van der Waals surface area (Å²) in [5.74, 6) is 0.400. The summed E-state index contributed by atoms with van der Waals surface area (Å²) in [6.45, 7) is 11.2. The minimum Gasteiger partial charge on any atom is -0.481 e. The molecule has 7 nitrogen and oxygen atoms in total. The van der Waals surface area contributed by atoms with Gasteiger partial charge in [-0.2, -0.15) is 0 Å². The van der Waals surface area contributed by atoms with Gasteiger partial charge in [-0.1, -0.05) is 46.6 Å². The average Bonchev–Trinajstić information content (AvgIpc) is 3.41. The summed E-state index contributed by atoms with van der Waals surface area (Å²) in [6.07, 6.45) is 5.77. The van der Waals surface area contributed by atoms with Crippen LogP contribution in [-0.2, 0) is 9.59 Å². The molecule has 1 amide bonds. The molecule has 1 fully saturated rings. The highest BCUT2D eigenvalue weighted by Gasteiger charge is 2.47. The second-order valence-corrected chi connectivity index (χ2v) is 10.1. The van der Waals surface area contributed by atoms with E-state index in [9.17, 15) is 14.7 Å². The lowest BCUT2D eigenvalue weighted by Gasteiger charge is -2.30. The lowest BCUT2D eigenvalue weighted by atomic mass is 9.83. The smallest absolute Gasteiger partial charge is 0.308 e. The Balaban J connectivity index is 1.84. The number of likely N-dealkylation sites (tertiary alicyclic amines) is 1. The zero-order valence-electron chi connectivity index (χ0n) is 21.3. The molecule has 0 aromatic heterocycles. The molecule has 3 rings (SSSR count). The van der Waals surface area contributed by atoms with Gasteiger partial charge in [-0.3, -0.25) is 14.5 Å². The van der Waals surface area contributed by atoms with Crippen molar-refractivity contribution >= 4 is 11.9 Å². The molecule has 0 bridgehead atoms. The van der Waals surface area contributed by atoms with Crippen molar-refractivity contribution in [1.29, 1.82) is 0 Å². The third kappa shape index (κ3) is 6.44. The minimum absolute atomic E-state index is 0.118. The number of aliphatic carboxylic acids is 1. The molecule has 1 aromatic rings. The quantitative estimate of drug-likeness (QED) is 0.445. The van der Waals surface area contributed by atoms with Gasteiger partial charge in [0.25, 0.3) is 0 Å². The van der Waals surface area contributed by atoms with E-state index in [4.69, 9.17) is 9.47 Å². The zero-order chi connectivity index (χ0) is 24.7. The van der Waals surface area contributed by atoms with E-state index in [1.807, 2.05) is 23.1 Å². The van der Waals surface area contributed by atoms with Crippen molar-refractivity contribution in [3.05, 3.63) is 23.8 Å². The number of hydrogen-bond acceptors (Lipinski definition) is 5. The number of carbonyl (C=O) groups is 2. The molecule has 3 atom stereocenters. The molecule has 34 heavy (non-hydrogen) atoms. The minimum atomic E-state index is -0.791. The summed E-state index contributed by atoms with van der Waals surface area (Å²) < 4.78 is 11.0. The number of unbranched alkanes of at least 4 members (excludes halogenated alkanes) is 2. The summed E-state index contributed by atoms with van der Waals surface area (Å²) in [5.41, 5.74) is 0.940. The highest BCUT2D eigenvalue weighted by molar-refractivity contribution is 5.79. The fraction of sp³-hybridized carbons (Fsp3) is 0.704. The van der Waals surface area contributed by atoms with Gasteiger partial charge in [0.2, 0.25) is 12.7 Å². The molecule has 3 unspecified atom stereocenters. The molecule has 2 aliphatic rings. The van der Waals surface area contributed by atoms with Crippen LogP contribution in [0, 0.1) is 11.8 Å². The van der Waals surface area contributed by atoms with Crippen molar-refractivity contribution in [1.82, 2.24) is 9.80 Å². The van der Waals surface area contributed by atoms with Gasteiger partial charge in [-0.15, -0.1) is 0 Å². The van der Waals surface area contributed by atoms with Crippen molar-refractivity contribution in [2.45, 2.75) is 78.2 Å². The first-order chi connectivity index (χ1) is 16.3. The van der Waals surface area contributed by atoms with Crippen molar-refractivity contribution < 1.29 is 24.2 Å². The highest BCUT2D eigenvalue weighted by Crippen LogP contribution is 2.43. The van der Waals surface area contributed by atoms with Crippen LogP contribution in [0.5, 0.6) is 11.5 Å². The van der Waals surface area contributed by atoms with Crippen LogP contribution < -0.4 is 9.47 Å². The Labute approximate surface area is 204 Å². The third-order valence-corrected chi connectivity index (χ3v) is 7.15. The molecule has 0 saturated carbocycles. The van der Waals surface area contributed by atoms with E-state index in [0.29, 0.717) is 24.0 Å². The number of rotatable bonds is 13. The molecule has 1 N–H and O–H groups in total. The topological polar surface area (TPSA) is 79.3 Å². The fourth-order valence-electron chi connectivity index (χ4n) is 5.17. The Morgan fingerprint density at radius 2 is 1.79 bits per heavy atom.